The van der Waals surface area contributed by atoms with Gasteiger partial charge in [0.25, 0.3) is 0 Å². The predicted octanol–water partition coefficient (Wildman–Crippen LogP) is 7.50. The Labute approximate surface area is 240 Å². The summed E-state index contributed by atoms with van der Waals surface area (Å²) in [5.41, 5.74) is 0.867. The number of Topliss-reactive ketones (excluding diaryl/α,β-unsaturated/α-hetero) is 1. The summed E-state index contributed by atoms with van der Waals surface area (Å²) in [7, 11) is -2.09. The minimum Gasteiger partial charge on any atom is -0.414 e. The van der Waals surface area contributed by atoms with E-state index in [1.165, 1.54) is 0 Å². The highest BCUT2D eigenvalue weighted by Gasteiger charge is 2.55. The van der Waals surface area contributed by atoms with E-state index >= 15 is 0 Å². The number of benzene rings is 3. The van der Waals surface area contributed by atoms with Gasteiger partial charge in [-0.3, -0.25) is 4.79 Å². The fourth-order valence-electron chi connectivity index (χ4n) is 5.12. The molecule has 0 bridgehead atoms. The zero-order chi connectivity index (χ0) is 29.2. The van der Waals surface area contributed by atoms with Crippen molar-refractivity contribution in [3.05, 3.63) is 108 Å². The van der Waals surface area contributed by atoms with Gasteiger partial charge in [-0.05, 0) is 55.6 Å². The second-order valence-corrected chi connectivity index (χ2v) is 17.7. The van der Waals surface area contributed by atoms with Crippen molar-refractivity contribution in [3.8, 4) is 0 Å². The van der Waals surface area contributed by atoms with E-state index in [1.54, 1.807) is 0 Å². The van der Waals surface area contributed by atoms with Crippen LogP contribution in [0.2, 0.25) is 18.1 Å². The van der Waals surface area contributed by atoms with Gasteiger partial charge >= 0.3 is 0 Å². The number of hydrogen-bond donors (Lipinski definition) is 0. The third-order valence-electron chi connectivity index (χ3n) is 8.23. The Hall–Kier alpha value is -2.61. The van der Waals surface area contributed by atoms with Crippen LogP contribution in [-0.4, -0.2) is 44.8 Å². The van der Waals surface area contributed by atoms with Gasteiger partial charge < -0.3 is 18.6 Å². The van der Waals surface area contributed by atoms with Crippen LogP contribution in [0.3, 0.4) is 0 Å². The molecule has 2 atom stereocenters. The highest BCUT2D eigenvalue weighted by molar-refractivity contribution is 6.74. The maximum Gasteiger partial charge on any atom is 0.192 e. The first-order valence-electron chi connectivity index (χ1n) is 14.1. The monoisotopic (exact) mass is 560 g/mol. The van der Waals surface area contributed by atoms with Gasteiger partial charge in [-0.1, -0.05) is 112 Å². The molecule has 1 fully saturated rings. The number of hydrogen-bond acceptors (Lipinski definition) is 5. The SMILES string of the molecule is CC1(C)O[C@H](C(=O)COC(c2ccccc2)(c2ccccc2)c2ccccc2)[C@](C)(CO[Si](C)(C)C(C)(C)C)O1. The van der Waals surface area contributed by atoms with Gasteiger partial charge in [0.15, 0.2) is 26.0 Å². The third-order valence-corrected chi connectivity index (χ3v) is 12.7. The molecule has 1 saturated heterocycles. The summed E-state index contributed by atoms with van der Waals surface area (Å²) >= 11 is 0. The Morgan fingerprint density at radius 1 is 0.800 bits per heavy atom. The Kier molecular flexibility index (Phi) is 8.60. The summed E-state index contributed by atoms with van der Waals surface area (Å²) in [6.45, 7) is 16.7. The second kappa shape index (κ2) is 11.3. The topological polar surface area (TPSA) is 54.0 Å². The maximum atomic E-state index is 14.0. The predicted molar refractivity (Wildman–Crippen MR) is 162 cm³/mol. The third kappa shape index (κ3) is 6.16. The van der Waals surface area contributed by atoms with Crippen LogP contribution in [0.25, 0.3) is 0 Å². The molecule has 214 valence electrons. The van der Waals surface area contributed by atoms with Crippen LogP contribution in [0.4, 0.5) is 0 Å². The van der Waals surface area contributed by atoms with Gasteiger partial charge in [-0.2, -0.15) is 0 Å². The number of ketones is 1. The molecule has 0 amide bonds. The molecule has 6 heteroatoms. The van der Waals surface area contributed by atoms with Crippen molar-refractivity contribution in [1.82, 2.24) is 0 Å². The lowest BCUT2D eigenvalue weighted by Crippen LogP contribution is -2.52. The summed E-state index contributed by atoms with van der Waals surface area (Å²) in [4.78, 5) is 14.0. The molecule has 0 radical (unpaired) electrons. The quantitative estimate of drug-likeness (QED) is 0.190. The molecular weight excluding hydrogens is 516 g/mol. The van der Waals surface area contributed by atoms with E-state index in [9.17, 15) is 4.79 Å². The van der Waals surface area contributed by atoms with Crippen molar-refractivity contribution >= 4 is 14.1 Å². The molecule has 5 nitrogen and oxygen atoms in total. The smallest absolute Gasteiger partial charge is 0.192 e. The zero-order valence-electron chi connectivity index (χ0n) is 25.2. The Balaban J connectivity index is 1.68. The van der Waals surface area contributed by atoms with E-state index < -0.39 is 31.4 Å². The number of carbonyl (C=O) groups is 1. The van der Waals surface area contributed by atoms with Crippen molar-refractivity contribution in [2.24, 2.45) is 0 Å². The van der Waals surface area contributed by atoms with Crippen molar-refractivity contribution < 1.29 is 23.4 Å². The minimum atomic E-state index is -2.09. The molecule has 0 spiro atoms. The van der Waals surface area contributed by atoms with Crippen LogP contribution in [-0.2, 0) is 29.0 Å². The Morgan fingerprint density at radius 2 is 1.23 bits per heavy atom. The maximum absolute atomic E-state index is 14.0. The van der Waals surface area contributed by atoms with Crippen molar-refractivity contribution in [3.63, 3.8) is 0 Å². The molecule has 4 rings (SSSR count). The fraction of sp³-hybridized carbons (Fsp3) is 0.441. The molecule has 0 saturated carbocycles. The minimum absolute atomic E-state index is 0.0294. The van der Waals surface area contributed by atoms with Gasteiger partial charge in [0.1, 0.15) is 17.8 Å². The van der Waals surface area contributed by atoms with E-state index in [-0.39, 0.29) is 24.0 Å². The average molecular weight is 561 g/mol. The summed E-state index contributed by atoms with van der Waals surface area (Å²) in [6, 6.07) is 30.2. The molecule has 0 aliphatic carbocycles. The fourth-order valence-corrected chi connectivity index (χ4v) is 6.20. The number of rotatable bonds is 10. The second-order valence-electron chi connectivity index (χ2n) is 12.9. The Morgan fingerprint density at radius 3 is 1.62 bits per heavy atom. The molecule has 0 N–H and O–H groups in total. The molecule has 1 aliphatic rings. The van der Waals surface area contributed by atoms with E-state index in [2.05, 4.69) is 33.9 Å². The van der Waals surface area contributed by atoms with Gasteiger partial charge in [0.05, 0.1) is 6.61 Å². The summed E-state index contributed by atoms with van der Waals surface area (Å²) in [6.07, 6.45) is -0.840. The summed E-state index contributed by atoms with van der Waals surface area (Å²) in [5, 5.41) is 0.0294. The number of carbonyl (C=O) groups excluding carboxylic acids is 1. The molecule has 3 aromatic carbocycles. The lowest BCUT2D eigenvalue weighted by molar-refractivity contribution is -0.167. The molecular formula is C34H44O5Si. The lowest BCUT2D eigenvalue weighted by atomic mass is 9.80. The molecule has 1 heterocycles. The van der Waals surface area contributed by atoms with Crippen LogP contribution >= 0.6 is 0 Å². The molecule has 1 aliphatic heterocycles. The van der Waals surface area contributed by atoms with Gasteiger partial charge in [-0.25, -0.2) is 0 Å². The van der Waals surface area contributed by atoms with E-state index in [0.717, 1.165) is 16.7 Å². The van der Waals surface area contributed by atoms with Crippen LogP contribution in [0.5, 0.6) is 0 Å². The molecule has 0 unspecified atom stereocenters. The number of ether oxygens (including phenoxy) is 3. The van der Waals surface area contributed by atoms with Gasteiger partial charge in [-0.15, -0.1) is 0 Å². The van der Waals surface area contributed by atoms with Crippen LogP contribution in [0, 0.1) is 0 Å². The highest BCUT2D eigenvalue weighted by Crippen LogP contribution is 2.43. The summed E-state index contributed by atoms with van der Waals surface area (Å²) in [5.74, 6) is -1.11. The van der Waals surface area contributed by atoms with Crippen molar-refractivity contribution in [2.45, 2.75) is 82.8 Å². The van der Waals surface area contributed by atoms with Crippen molar-refractivity contribution in [2.75, 3.05) is 13.2 Å². The summed E-state index contributed by atoms with van der Waals surface area (Å²) < 4.78 is 26.0. The first-order valence-corrected chi connectivity index (χ1v) is 17.0. The molecule has 3 aromatic rings. The average Bonchev–Trinajstić information content (AvgIpc) is 3.18. The van der Waals surface area contributed by atoms with Crippen LogP contribution in [0.15, 0.2) is 91.0 Å². The van der Waals surface area contributed by atoms with Crippen LogP contribution < -0.4 is 0 Å². The Bertz CT molecular complexity index is 1170. The van der Waals surface area contributed by atoms with Gasteiger partial charge in [0.2, 0.25) is 0 Å². The highest BCUT2D eigenvalue weighted by atomic mass is 28.4. The standard InChI is InChI=1S/C34H44O5Si/c1-31(2,3)40(7,8)37-25-33(6)30(38-32(4,5)39-33)29(35)24-36-34(26-18-12-9-13-19-26,27-20-14-10-15-21-27)28-22-16-11-17-23-28/h9-23,30H,24-25H2,1-8H3/t30-,33+/m1/s1. The van der Waals surface area contributed by atoms with Crippen LogP contribution in [0.1, 0.15) is 58.2 Å². The lowest BCUT2D eigenvalue weighted by Gasteiger charge is -2.39. The molecule has 40 heavy (non-hydrogen) atoms. The normalized spacial score (nSPS) is 21.4. The first-order chi connectivity index (χ1) is 18.7. The van der Waals surface area contributed by atoms with Gasteiger partial charge in [0, 0.05) is 0 Å². The van der Waals surface area contributed by atoms with E-state index in [0.29, 0.717) is 0 Å². The van der Waals surface area contributed by atoms with E-state index in [4.69, 9.17) is 18.6 Å². The van der Waals surface area contributed by atoms with E-state index in [1.807, 2.05) is 112 Å². The van der Waals surface area contributed by atoms with Crippen molar-refractivity contribution in [1.29, 1.82) is 0 Å². The molecule has 0 aromatic heterocycles. The zero-order valence-corrected chi connectivity index (χ0v) is 26.2. The first kappa shape index (κ1) is 30.3. The largest absolute Gasteiger partial charge is 0.414 e.